The molecule has 1 aliphatic heterocycles. The smallest absolute Gasteiger partial charge is 0.186 e. The number of aromatic nitrogens is 1. The minimum atomic E-state index is 0.789. The maximum absolute atomic E-state index is 5.75. The molecule has 1 aromatic carbocycles. The lowest BCUT2D eigenvalue weighted by atomic mass is 10.3. The molecule has 1 fully saturated rings. The second-order valence-corrected chi connectivity index (χ2v) is 5.94. The van der Waals surface area contributed by atoms with Crippen molar-refractivity contribution in [2.24, 2.45) is 0 Å². The van der Waals surface area contributed by atoms with Gasteiger partial charge in [-0.2, -0.15) is 0 Å². The Morgan fingerprint density at radius 3 is 3.00 bits per heavy atom. The molecule has 1 aromatic heterocycles. The molecule has 0 unspecified atom stereocenters. The van der Waals surface area contributed by atoms with Crippen molar-refractivity contribution in [2.45, 2.75) is 19.8 Å². The average Bonchev–Trinajstić information content (AvgIpc) is 2.92. The number of hydrogen-bond donors (Lipinski definition) is 0. The first-order chi connectivity index (χ1) is 9.86. The third kappa shape index (κ3) is 3.04. The Kier molecular flexibility index (Phi) is 4.38. The predicted molar refractivity (Wildman–Crippen MR) is 83.1 cm³/mol. The lowest BCUT2D eigenvalue weighted by Crippen LogP contribution is -2.36. The van der Waals surface area contributed by atoms with Crippen LogP contribution in [0.4, 0.5) is 5.13 Å². The number of anilines is 1. The van der Waals surface area contributed by atoms with Gasteiger partial charge in [0, 0.05) is 13.1 Å². The Balaban J connectivity index is 1.76. The van der Waals surface area contributed by atoms with Crippen LogP contribution in [-0.4, -0.2) is 37.9 Å². The second kappa shape index (κ2) is 6.41. The third-order valence-corrected chi connectivity index (χ3v) is 4.48. The number of hydrogen-bond acceptors (Lipinski definition) is 5. The van der Waals surface area contributed by atoms with E-state index >= 15 is 0 Å². The molecule has 2 heterocycles. The summed E-state index contributed by atoms with van der Waals surface area (Å²) in [5.74, 6) is 0.947. The molecule has 0 atom stereocenters. The van der Waals surface area contributed by atoms with E-state index in [0.29, 0.717) is 0 Å². The Bertz CT molecular complexity index is 564. The lowest BCUT2D eigenvalue weighted by Gasteiger charge is -2.25. The lowest BCUT2D eigenvalue weighted by molar-refractivity contribution is 0.122. The summed E-state index contributed by atoms with van der Waals surface area (Å²) in [7, 11) is 0. The molecule has 0 spiro atoms. The van der Waals surface area contributed by atoms with Gasteiger partial charge in [-0.15, -0.1) is 0 Å². The Morgan fingerprint density at radius 1 is 1.35 bits per heavy atom. The Morgan fingerprint density at radius 2 is 2.20 bits per heavy atom. The first-order valence-corrected chi connectivity index (χ1v) is 8.04. The molecule has 0 amide bonds. The van der Waals surface area contributed by atoms with Crippen LogP contribution in [0.3, 0.4) is 0 Å². The Labute approximate surface area is 123 Å². The molecule has 0 saturated carbocycles. The summed E-state index contributed by atoms with van der Waals surface area (Å²) in [5, 5.41) is 1.09. The molecule has 0 radical (unpaired) electrons. The number of morpholine rings is 1. The van der Waals surface area contributed by atoms with E-state index in [9.17, 15) is 0 Å². The van der Waals surface area contributed by atoms with Gasteiger partial charge in [-0.25, -0.2) is 4.98 Å². The molecular weight excluding hydrogens is 272 g/mol. The van der Waals surface area contributed by atoms with E-state index < -0.39 is 0 Å². The summed E-state index contributed by atoms with van der Waals surface area (Å²) >= 11 is 1.74. The summed E-state index contributed by atoms with van der Waals surface area (Å²) in [6.45, 7) is 6.41. The van der Waals surface area contributed by atoms with Crippen LogP contribution in [0.1, 0.15) is 19.8 Å². The van der Waals surface area contributed by atoms with E-state index in [-0.39, 0.29) is 0 Å². The quantitative estimate of drug-likeness (QED) is 0.792. The van der Waals surface area contributed by atoms with Gasteiger partial charge in [0.2, 0.25) is 0 Å². The summed E-state index contributed by atoms with van der Waals surface area (Å²) in [6, 6.07) is 6.17. The number of nitrogens with zero attached hydrogens (tertiary/aromatic N) is 2. The van der Waals surface area contributed by atoms with Crippen molar-refractivity contribution in [3.8, 4) is 5.75 Å². The van der Waals surface area contributed by atoms with E-state index in [0.717, 1.165) is 62.1 Å². The zero-order chi connectivity index (χ0) is 13.8. The number of unbranched alkanes of at least 4 members (excludes halogenated alkanes) is 1. The van der Waals surface area contributed by atoms with Gasteiger partial charge >= 0.3 is 0 Å². The van der Waals surface area contributed by atoms with Gasteiger partial charge in [0.15, 0.2) is 5.13 Å². The second-order valence-electron chi connectivity index (χ2n) is 4.93. The fourth-order valence-corrected chi connectivity index (χ4v) is 3.25. The summed E-state index contributed by atoms with van der Waals surface area (Å²) in [6.07, 6.45) is 2.25. The fourth-order valence-electron chi connectivity index (χ4n) is 2.21. The zero-order valence-electron chi connectivity index (χ0n) is 11.8. The van der Waals surface area contributed by atoms with E-state index in [1.54, 1.807) is 11.3 Å². The summed E-state index contributed by atoms with van der Waals surface area (Å²) in [5.41, 5.74) is 1.05. The molecule has 0 aliphatic carbocycles. The van der Waals surface area contributed by atoms with Gasteiger partial charge in [-0.3, -0.25) is 0 Å². The molecule has 1 aliphatic rings. The number of ether oxygens (including phenoxy) is 2. The van der Waals surface area contributed by atoms with Crippen LogP contribution in [0, 0.1) is 0 Å². The monoisotopic (exact) mass is 292 g/mol. The van der Waals surface area contributed by atoms with Gasteiger partial charge in [-0.05, 0) is 24.6 Å². The van der Waals surface area contributed by atoms with E-state index in [2.05, 4.69) is 24.0 Å². The van der Waals surface area contributed by atoms with E-state index in [4.69, 9.17) is 14.5 Å². The van der Waals surface area contributed by atoms with Crippen LogP contribution in [-0.2, 0) is 4.74 Å². The zero-order valence-corrected chi connectivity index (χ0v) is 12.6. The summed E-state index contributed by atoms with van der Waals surface area (Å²) < 4.78 is 12.3. The first kappa shape index (κ1) is 13.6. The number of rotatable bonds is 5. The highest BCUT2D eigenvalue weighted by Gasteiger charge is 2.15. The third-order valence-electron chi connectivity index (χ3n) is 3.40. The first-order valence-electron chi connectivity index (χ1n) is 7.23. The van der Waals surface area contributed by atoms with Gasteiger partial charge < -0.3 is 14.4 Å². The van der Waals surface area contributed by atoms with Crippen LogP contribution < -0.4 is 9.64 Å². The maximum atomic E-state index is 5.75. The molecule has 4 nitrogen and oxygen atoms in total. The van der Waals surface area contributed by atoms with E-state index in [1.807, 2.05) is 6.07 Å². The molecule has 20 heavy (non-hydrogen) atoms. The number of benzene rings is 1. The van der Waals surface area contributed by atoms with Crippen molar-refractivity contribution in [3.63, 3.8) is 0 Å². The maximum Gasteiger partial charge on any atom is 0.186 e. The van der Waals surface area contributed by atoms with Crippen LogP contribution >= 0.6 is 11.3 Å². The van der Waals surface area contributed by atoms with Crippen molar-refractivity contribution in [1.82, 2.24) is 4.98 Å². The van der Waals surface area contributed by atoms with Crippen molar-refractivity contribution in [2.75, 3.05) is 37.8 Å². The molecule has 108 valence electrons. The van der Waals surface area contributed by atoms with Gasteiger partial charge in [0.1, 0.15) is 5.75 Å². The number of thiazole rings is 1. The molecule has 0 N–H and O–H groups in total. The normalized spacial score (nSPS) is 15.8. The minimum Gasteiger partial charge on any atom is -0.494 e. The highest BCUT2D eigenvalue weighted by molar-refractivity contribution is 7.22. The van der Waals surface area contributed by atoms with Gasteiger partial charge in [0.05, 0.1) is 30.0 Å². The molecular formula is C15H20N2O2S. The van der Waals surface area contributed by atoms with Crippen LogP contribution in [0.5, 0.6) is 5.75 Å². The van der Waals surface area contributed by atoms with Gasteiger partial charge in [0.25, 0.3) is 0 Å². The summed E-state index contributed by atoms with van der Waals surface area (Å²) in [4.78, 5) is 7.00. The molecule has 1 saturated heterocycles. The molecule has 3 rings (SSSR count). The van der Waals surface area contributed by atoms with Crippen molar-refractivity contribution >= 4 is 26.7 Å². The fraction of sp³-hybridized carbons (Fsp3) is 0.533. The van der Waals surface area contributed by atoms with Crippen molar-refractivity contribution < 1.29 is 9.47 Å². The number of fused-ring (bicyclic) bond motifs is 1. The molecule has 5 heteroatoms. The SMILES string of the molecule is CCCCOc1ccc2nc(N3CCOCC3)sc2c1. The average molecular weight is 292 g/mol. The van der Waals surface area contributed by atoms with Crippen LogP contribution in [0.15, 0.2) is 18.2 Å². The van der Waals surface area contributed by atoms with E-state index in [1.165, 1.54) is 4.70 Å². The van der Waals surface area contributed by atoms with Crippen LogP contribution in [0.25, 0.3) is 10.2 Å². The highest BCUT2D eigenvalue weighted by atomic mass is 32.1. The standard InChI is InChI=1S/C15H20N2O2S/c1-2-3-8-19-12-4-5-13-14(11-12)20-15(16-13)17-6-9-18-10-7-17/h4-5,11H,2-3,6-10H2,1H3. The molecule has 2 aromatic rings. The predicted octanol–water partition coefficient (Wildman–Crippen LogP) is 3.31. The topological polar surface area (TPSA) is 34.6 Å². The molecule has 0 bridgehead atoms. The van der Waals surface area contributed by atoms with Crippen molar-refractivity contribution in [1.29, 1.82) is 0 Å². The Hall–Kier alpha value is -1.33. The van der Waals surface area contributed by atoms with Crippen molar-refractivity contribution in [3.05, 3.63) is 18.2 Å². The van der Waals surface area contributed by atoms with Crippen LogP contribution in [0.2, 0.25) is 0 Å². The largest absolute Gasteiger partial charge is 0.494 e. The van der Waals surface area contributed by atoms with Gasteiger partial charge in [-0.1, -0.05) is 24.7 Å². The minimum absolute atomic E-state index is 0.789. The highest BCUT2D eigenvalue weighted by Crippen LogP contribution is 2.31.